The first kappa shape index (κ1) is 18.8. The summed E-state index contributed by atoms with van der Waals surface area (Å²) in [6.45, 7) is 4.38. The Labute approximate surface area is 161 Å². The number of ether oxygens (including phenoxy) is 1. The smallest absolute Gasteiger partial charge is 0.293 e. The van der Waals surface area contributed by atoms with Crippen LogP contribution < -0.4 is 5.32 Å². The van der Waals surface area contributed by atoms with Gasteiger partial charge in [-0.15, -0.1) is 5.10 Å². The van der Waals surface area contributed by atoms with Crippen LogP contribution in [0.5, 0.6) is 0 Å². The van der Waals surface area contributed by atoms with E-state index in [-0.39, 0.29) is 24.2 Å². The van der Waals surface area contributed by atoms with Crippen LogP contribution in [0.1, 0.15) is 43.7 Å². The first-order valence-corrected chi connectivity index (χ1v) is 9.38. The highest BCUT2D eigenvalue weighted by Gasteiger charge is 2.49. The zero-order chi connectivity index (χ0) is 19.9. The molecular formula is C18H24N6O4. The van der Waals surface area contributed by atoms with Crippen molar-refractivity contribution in [2.45, 2.75) is 50.4 Å². The Morgan fingerprint density at radius 2 is 2.11 bits per heavy atom. The molecule has 10 nitrogen and oxygen atoms in total. The summed E-state index contributed by atoms with van der Waals surface area (Å²) in [5.74, 6) is 0.0747. The molecule has 2 aliphatic rings. The molecule has 2 fully saturated rings. The van der Waals surface area contributed by atoms with Gasteiger partial charge < -0.3 is 20.1 Å². The minimum Gasteiger partial charge on any atom is -0.388 e. The van der Waals surface area contributed by atoms with E-state index in [1.807, 2.05) is 0 Å². The van der Waals surface area contributed by atoms with E-state index in [4.69, 9.17) is 4.74 Å². The fourth-order valence-corrected chi connectivity index (χ4v) is 4.11. The summed E-state index contributed by atoms with van der Waals surface area (Å²) in [6, 6.07) is 1.28. The van der Waals surface area contributed by atoms with Crippen molar-refractivity contribution >= 4 is 17.6 Å². The van der Waals surface area contributed by atoms with Crippen molar-refractivity contribution in [1.29, 1.82) is 0 Å². The highest BCUT2D eigenvalue weighted by Crippen LogP contribution is 2.39. The van der Waals surface area contributed by atoms with Crippen LogP contribution in [0.15, 0.2) is 18.5 Å². The fraction of sp³-hybridized carbons (Fsp3) is 0.611. The largest absolute Gasteiger partial charge is 0.388 e. The third kappa shape index (κ3) is 3.45. The van der Waals surface area contributed by atoms with E-state index < -0.39 is 17.2 Å². The van der Waals surface area contributed by atoms with Crippen molar-refractivity contribution in [3.63, 3.8) is 0 Å². The molecule has 0 aromatic carbocycles. The normalized spacial score (nSPS) is 27.1. The van der Waals surface area contributed by atoms with Gasteiger partial charge in [-0.1, -0.05) is 0 Å². The lowest BCUT2D eigenvalue weighted by Gasteiger charge is -2.51. The Balaban J connectivity index is 1.41. The zero-order valence-corrected chi connectivity index (χ0v) is 16.0. The predicted octanol–water partition coefficient (Wildman–Crippen LogP) is -0.225. The highest BCUT2D eigenvalue weighted by molar-refractivity contribution is 5.91. The molecule has 2 amide bonds. The van der Waals surface area contributed by atoms with Crippen LogP contribution in [-0.4, -0.2) is 78.3 Å². The highest BCUT2D eigenvalue weighted by atomic mass is 16.5. The predicted molar refractivity (Wildman–Crippen MR) is 97.4 cm³/mol. The van der Waals surface area contributed by atoms with Crippen molar-refractivity contribution < 1.29 is 19.4 Å². The van der Waals surface area contributed by atoms with Gasteiger partial charge in [-0.2, -0.15) is 4.98 Å². The molecule has 2 aromatic heterocycles. The lowest BCUT2D eigenvalue weighted by atomic mass is 9.75. The Hall–Kier alpha value is -2.59. The topological polar surface area (TPSA) is 122 Å². The molecule has 2 N–H and O–H groups in total. The van der Waals surface area contributed by atoms with Crippen molar-refractivity contribution in [3.8, 4) is 0 Å². The Kier molecular flexibility index (Phi) is 4.54. The van der Waals surface area contributed by atoms with Gasteiger partial charge in [0.05, 0.1) is 23.9 Å². The van der Waals surface area contributed by atoms with E-state index in [0.717, 1.165) is 0 Å². The monoisotopic (exact) mass is 388 g/mol. The van der Waals surface area contributed by atoms with Crippen molar-refractivity contribution in [3.05, 3.63) is 24.3 Å². The molecule has 4 heterocycles. The Morgan fingerprint density at radius 1 is 1.36 bits per heavy atom. The number of likely N-dealkylation sites (tertiary alicyclic amines) is 1. The fourth-order valence-electron chi connectivity index (χ4n) is 4.11. The number of piperidine rings is 1. The van der Waals surface area contributed by atoms with E-state index in [1.54, 1.807) is 30.3 Å². The molecule has 28 heavy (non-hydrogen) atoms. The molecule has 4 rings (SSSR count). The van der Waals surface area contributed by atoms with Gasteiger partial charge in [-0.25, -0.2) is 9.50 Å². The SMILES string of the molecule is CC(=O)N[C@H]1COC2(CCN(C(=O)c3nc4ncccn4n3)CC2)C[C@]1(C)O. The molecule has 150 valence electrons. The van der Waals surface area contributed by atoms with Gasteiger partial charge in [0.25, 0.3) is 11.7 Å². The molecule has 2 aromatic rings. The average molecular weight is 388 g/mol. The molecule has 2 aliphatic heterocycles. The molecule has 0 bridgehead atoms. The number of nitrogens with zero attached hydrogens (tertiary/aromatic N) is 5. The van der Waals surface area contributed by atoms with Crippen LogP contribution in [0, 0.1) is 0 Å². The zero-order valence-electron chi connectivity index (χ0n) is 16.0. The second-order valence-electron chi connectivity index (χ2n) is 7.87. The molecule has 0 aliphatic carbocycles. The summed E-state index contributed by atoms with van der Waals surface area (Å²) in [5, 5.41) is 17.8. The number of amides is 2. The van der Waals surface area contributed by atoms with Gasteiger partial charge in [-0.05, 0) is 25.8 Å². The second kappa shape index (κ2) is 6.78. The summed E-state index contributed by atoms with van der Waals surface area (Å²) in [7, 11) is 0. The third-order valence-electron chi connectivity index (χ3n) is 5.63. The number of hydrogen-bond acceptors (Lipinski definition) is 7. The van der Waals surface area contributed by atoms with E-state index >= 15 is 0 Å². The minimum atomic E-state index is -1.06. The summed E-state index contributed by atoms with van der Waals surface area (Å²) < 4.78 is 7.55. The summed E-state index contributed by atoms with van der Waals surface area (Å²) in [5.41, 5.74) is -1.56. The molecule has 10 heteroatoms. The van der Waals surface area contributed by atoms with Gasteiger partial charge in [0.15, 0.2) is 0 Å². The maximum Gasteiger partial charge on any atom is 0.293 e. The number of aliphatic hydroxyl groups is 1. The summed E-state index contributed by atoms with van der Waals surface area (Å²) in [6.07, 6.45) is 4.91. The van der Waals surface area contributed by atoms with Gasteiger partial charge >= 0.3 is 0 Å². The molecule has 2 saturated heterocycles. The molecule has 0 saturated carbocycles. The van der Waals surface area contributed by atoms with E-state index in [9.17, 15) is 14.7 Å². The maximum absolute atomic E-state index is 12.8. The Bertz CT molecular complexity index is 869. The van der Waals surface area contributed by atoms with Gasteiger partial charge in [-0.3, -0.25) is 9.59 Å². The van der Waals surface area contributed by atoms with Crippen LogP contribution in [0.4, 0.5) is 0 Å². The van der Waals surface area contributed by atoms with Gasteiger partial charge in [0.1, 0.15) is 0 Å². The number of carbonyl (C=O) groups is 2. The Morgan fingerprint density at radius 3 is 2.75 bits per heavy atom. The van der Waals surface area contributed by atoms with E-state index in [1.165, 1.54) is 11.4 Å². The maximum atomic E-state index is 12.8. The van der Waals surface area contributed by atoms with E-state index in [0.29, 0.717) is 38.1 Å². The number of nitrogens with one attached hydrogen (secondary N) is 1. The molecule has 0 radical (unpaired) electrons. The number of hydrogen-bond donors (Lipinski definition) is 2. The quantitative estimate of drug-likeness (QED) is 0.729. The van der Waals surface area contributed by atoms with Crippen LogP contribution in [0.2, 0.25) is 0 Å². The van der Waals surface area contributed by atoms with Crippen LogP contribution in [-0.2, 0) is 9.53 Å². The van der Waals surface area contributed by atoms with Crippen LogP contribution in [0.3, 0.4) is 0 Å². The van der Waals surface area contributed by atoms with E-state index in [2.05, 4.69) is 20.4 Å². The number of aromatic nitrogens is 4. The van der Waals surface area contributed by atoms with Crippen molar-refractivity contribution in [2.24, 2.45) is 0 Å². The van der Waals surface area contributed by atoms with Gasteiger partial charge in [0, 0.05) is 38.8 Å². The molecular weight excluding hydrogens is 364 g/mol. The van der Waals surface area contributed by atoms with Crippen molar-refractivity contribution in [1.82, 2.24) is 29.8 Å². The molecule has 2 atom stereocenters. The van der Waals surface area contributed by atoms with Crippen LogP contribution >= 0.6 is 0 Å². The van der Waals surface area contributed by atoms with Crippen molar-refractivity contribution in [2.75, 3.05) is 19.7 Å². The lowest BCUT2D eigenvalue weighted by Crippen LogP contribution is -2.64. The average Bonchev–Trinajstić information content (AvgIpc) is 3.08. The minimum absolute atomic E-state index is 0.122. The second-order valence-corrected chi connectivity index (χ2v) is 7.87. The number of carbonyl (C=O) groups excluding carboxylic acids is 2. The number of rotatable bonds is 2. The summed E-state index contributed by atoms with van der Waals surface area (Å²) in [4.78, 5) is 34.1. The standard InChI is InChI=1S/C18H24N6O4/c1-12(25)20-13-10-28-18(11-17(13,2)27)4-8-23(9-5-18)15(26)14-21-16-19-6-3-7-24(16)22-14/h3,6-7,13,27H,4-5,8-11H2,1-2H3,(H,20,25)/t13-,17-/m0/s1. The first-order chi connectivity index (χ1) is 13.3. The van der Waals surface area contributed by atoms with Crippen LogP contribution in [0.25, 0.3) is 5.78 Å². The first-order valence-electron chi connectivity index (χ1n) is 9.38. The number of fused-ring (bicyclic) bond motifs is 1. The van der Waals surface area contributed by atoms with Gasteiger partial charge in [0.2, 0.25) is 11.7 Å². The molecule has 0 unspecified atom stereocenters. The summed E-state index contributed by atoms with van der Waals surface area (Å²) >= 11 is 0. The third-order valence-corrected chi connectivity index (χ3v) is 5.63. The molecule has 1 spiro atoms. The lowest BCUT2D eigenvalue weighted by molar-refractivity contribution is -0.187.